The summed E-state index contributed by atoms with van der Waals surface area (Å²) in [4.78, 5) is 31.7. The highest BCUT2D eigenvalue weighted by Gasteiger charge is 2.19. The van der Waals surface area contributed by atoms with Gasteiger partial charge in [0.25, 0.3) is 5.56 Å². The number of anilines is 2. The molecule has 3 N–H and O–H groups in total. The van der Waals surface area contributed by atoms with Crippen LogP contribution in [0.3, 0.4) is 0 Å². The molecule has 0 fully saturated rings. The lowest BCUT2D eigenvalue weighted by Crippen LogP contribution is -2.35. The number of hydrogen-bond acceptors (Lipinski definition) is 7. The van der Waals surface area contributed by atoms with Crippen molar-refractivity contribution in [1.82, 2.24) is 9.66 Å². The third-order valence-corrected chi connectivity index (χ3v) is 5.90. The Hall–Kier alpha value is -3.72. The van der Waals surface area contributed by atoms with E-state index in [0.717, 1.165) is 11.1 Å². The summed E-state index contributed by atoms with van der Waals surface area (Å²) in [6.07, 6.45) is 1.57. The first kappa shape index (κ1) is 22.5. The van der Waals surface area contributed by atoms with Crippen LogP contribution < -0.4 is 31.1 Å². The normalized spacial score (nSPS) is 12.0. The Morgan fingerprint density at radius 1 is 1.24 bits per heavy atom. The predicted octanol–water partition coefficient (Wildman–Crippen LogP) is 2.77. The lowest BCUT2D eigenvalue weighted by Gasteiger charge is -2.20. The van der Waals surface area contributed by atoms with Gasteiger partial charge in [0.2, 0.25) is 12.7 Å². The number of aryl methyl sites for hydroxylation is 2. The maximum absolute atomic E-state index is 13.1. The minimum atomic E-state index is -0.305. The number of nitrogens with zero attached hydrogens (tertiary/aromatic N) is 3. The van der Waals surface area contributed by atoms with Gasteiger partial charge >= 0.3 is 0 Å². The van der Waals surface area contributed by atoms with Crippen molar-refractivity contribution in [3.8, 4) is 11.5 Å². The third kappa shape index (κ3) is 4.58. The lowest BCUT2D eigenvalue weighted by atomic mass is 10.1. The lowest BCUT2D eigenvalue weighted by molar-refractivity contribution is -0.117. The van der Waals surface area contributed by atoms with Crippen molar-refractivity contribution in [2.45, 2.75) is 26.8 Å². The van der Waals surface area contributed by atoms with Gasteiger partial charge in [-0.05, 0) is 49.2 Å². The minimum Gasteiger partial charge on any atom is -0.454 e. The van der Waals surface area contributed by atoms with E-state index in [2.05, 4.69) is 10.4 Å². The van der Waals surface area contributed by atoms with Gasteiger partial charge < -0.3 is 25.5 Å². The summed E-state index contributed by atoms with van der Waals surface area (Å²) in [5, 5.41) is 0.497. The Kier molecular flexibility index (Phi) is 6.15. The quantitative estimate of drug-likeness (QED) is 0.570. The molecule has 1 aliphatic heterocycles. The van der Waals surface area contributed by atoms with Crippen LogP contribution in [0.1, 0.15) is 22.4 Å². The molecule has 1 amide bonds. The van der Waals surface area contributed by atoms with Crippen molar-refractivity contribution < 1.29 is 14.3 Å². The zero-order chi connectivity index (χ0) is 23.7. The fourth-order valence-corrected chi connectivity index (χ4v) is 3.83. The number of nitrogen functional groups attached to an aromatic ring is 1. The zero-order valence-corrected chi connectivity index (χ0v) is 19.3. The number of halogens is 1. The molecule has 9 nitrogen and oxygen atoms in total. The second-order valence-corrected chi connectivity index (χ2v) is 8.16. The van der Waals surface area contributed by atoms with Gasteiger partial charge in [0.05, 0.1) is 24.3 Å². The molecule has 172 valence electrons. The summed E-state index contributed by atoms with van der Waals surface area (Å²) in [6, 6.07) is 8.63. The second-order valence-electron chi connectivity index (χ2n) is 7.75. The number of hydrogen-bond donors (Lipinski definition) is 2. The number of pyridine rings is 2. The molecular weight excluding hydrogens is 446 g/mol. The SMILES string of the molecule is Cc1ccn(NCc2cc3c(cc2Cl)OCO3)c(=O)c1CC(=O)N(C)c1ccc(N)nc1C. The Morgan fingerprint density at radius 2 is 1.97 bits per heavy atom. The number of ether oxygens (including phenoxy) is 2. The number of amides is 1. The number of fused-ring (bicyclic) bond motifs is 1. The Bertz CT molecular complexity index is 1290. The molecule has 10 heteroatoms. The molecule has 0 saturated heterocycles. The largest absolute Gasteiger partial charge is 0.454 e. The molecule has 0 radical (unpaired) electrons. The van der Waals surface area contributed by atoms with Crippen molar-refractivity contribution in [2.24, 2.45) is 0 Å². The zero-order valence-electron chi connectivity index (χ0n) is 18.5. The van der Waals surface area contributed by atoms with E-state index in [0.29, 0.717) is 39.3 Å². The van der Waals surface area contributed by atoms with Crippen LogP contribution in [0.25, 0.3) is 0 Å². The van der Waals surface area contributed by atoms with E-state index in [4.69, 9.17) is 26.8 Å². The van der Waals surface area contributed by atoms with Crippen LogP contribution in [0.2, 0.25) is 5.02 Å². The van der Waals surface area contributed by atoms with Crippen molar-refractivity contribution >= 4 is 29.0 Å². The van der Waals surface area contributed by atoms with E-state index in [1.165, 1.54) is 9.58 Å². The molecule has 0 saturated carbocycles. The highest BCUT2D eigenvalue weighted by molar-refractivity contribution is 6.31. The van der Waals surface area contributed by atoms with Gasteiger partial charge in [0.15, 0.2) is 11.5 Å². The number of aromatic nitrogens is 2. The molecule has 0 aliphatic carbocycles. The molecule has 4 rings (SSSR count). The van der Waals surface area contributed by atoms with E-state index in [1.807, 2.05) is 0 Å². The molecule has 1 aliphatic rings. The highest BCUT2D eigenvalue weighted by Crippen LogP contribution is 2.36. The van der Waals surface area contributed by atoms with Crippen LogP contribution in [-0.4, -0.2) is 29.4 Å². The number of carbonyl (C=O) groups excluding carboxylic acids is 1. The standard InChI is InChI=1S/C23H24ClN5O4/c1-13-6-7-29(26-11-15-8-19-20(10-17(15)24)33-12-32-19)23(31)16(13)9-22(30)28(3)18-4-5-21(25)27-14(18)2/h4-8,10,26H,9,11-12H2,1-3H3,(H2,25,27). The average molecular weight is 470 g/mol. The number of nitrogens with two attached hydrogens (primary N) is 1. The van der Waals surface area contributed by atoms with E-state index < -0.39 is 0 Å². The maximum Gasteiger partial charge on any atom is 0.272 e. The van der Waals surface area contributed by atoms with Crippen molar-refractivity contribution in [3.05, 3.63) is 74.3 Å². The minimum absolute atomic E-state index is 0.0573. The first-order valence-corrected chi connectivity index (χ1v) is 10.6. The summed E-state index contributed by atoms with van der Waals surface area (Å²) >= 11 is 6.33. The van der Waals surface area contributed by atoms with Crippen LogP contribution in [-0.2, 0) is 17.8 Å². The molecule has 0 unspecified atom stereocenters. The third-order valence-electron chi connectivity index (χ3n) is 5.55. The Morgan fingerprint density at radius 3 is 2.70 bits per heavy atom. The van der Waals surface area contributed by atoms with Gasteiger partial charge in [-0.3, -0.25) is 9.59 Å². The molecular formula is C23H24ClN5O4. The van der Waals surface area contributed by atoms with Crippen LogP contribution in [0.4, 0.5) is 11.5 Å². The topological polar surface area (TPSA) is 112 Å². The van der Waals surface area contributed by atoms with Gasteiger partial charge in [-0.15, -0.1) is 0 Å². The fraction of sp³-hybridized carbons (Fsp3) is 0.261. The molecule has 0 atom stereocenters. The summed E-state index contributed by atoms with van der Waals surface area (Å²) in [7, 11) is 1.65. The number of benzene rings is 1. The summed E-state index contributed by atoms with van der Waals surface area (Å²) in [6.45, 7) is 4.01. The van der Waals surface area contributed by atoms with Crippen molar-refractivity contribution in [3.63, 3.8) is 0 Å². The number of carbonyl (C=O) groups is 1. The number of nitrogens with one attached hydrogen (secondary N) is 1. The van der Waals surface area contributed by atoms with E-state index >= 15 is 0 Å². The first-order chi connectivity index (χ1) is 15.7. The van der Waals surface area contributed by atoms with E-state index in [1.54, 1.807) is 57.4 Å². The van der Waals surface area contributed by atoms with E-state index in [9.17, 15) is 9.59 Å². The summed E-state index contributed by atoms with van der Waals surface area (Å²) in [5.41, 5.74) is 11.6. The average Bonchev–Trinajstić information content (AvgIpc) is 3.22. The van der Waals surface area contributed by atoms with E-state index in [-0.39, 0.29) is 31.2 Å². The van der Waals surface area contributed by atoms with Crippen LogP contribution in [0.15, 0.2) is 41.3 Å². The van der Waals surface area contributed by atoms with Gasteiger partial charge in [-0.2, -0.15) is 0 Å². The van der Waals surface area contributed by atoms with Gasteiger partial charge in [-0.25, -0.2) is 9.66 Å². The van der Waals surface area contributed by atoms with Crippen LogP contribution in [0.5, 0.6) is 11.5 Å². The highest BCUT2D eigenvalue weighted by atomic mass is 35.5. The Balaban J connectivity index is 1.52. The number of rotatable bonds is 6. The molecule has 3 aromatic rings. The van der Waals surface area contributed by atoms with Crippen molar-refractivity contribution in [1.29, 1.82) is 0 Å². The predicted molar refractivity (Wildman–Crippen MR) is 127 cm³/mol. The monoisotopic (exact) mass is 469 g/mol. The van der Waals surface area contributed by atoms with Gasteiger partial charge in [0, 0.05) is 29.9 Å². The van der Waals surface area contributed by atoms with Gasteiger partial charge in [0.1, 0.15) is 5.82 Å². The molecule has 0 bridgehead atoms. The molecule has 33 heavy (non-hydrogen) atoms. The Labute approximate surface area is 195 Å². The van der Waals surface area contributed by atoms with Crippen LogP contribution in [0, 0.1) is 13.8 Å². The smallest absolute Gasteiger partial charge is 0.272 e. The maximum atomic E-state index is 13.1. The fourth-order valence-electron chi connectivity index (χ4n) is 3.61. The van der Waals surface area contributed by atoms with Crippen LogP contribution >= 0.6 is 11.6 Å². The molecule has 3 heterocycles. The molecule has 0 spiro atoms. The summed E-state index contributed by atoms with van der Waals surface area (Å²) in [5.74, 6) is 1.34. The summed E-state index contributed by atoms with van der Waals surface area (Å²) < 4.78 is 12.1. The molecule has 2 aromatic heterocycles. The first-order valence-electron chi connectivity index (χ1n) is 10.3. The number of likely N-dealkylation sites (N-methyl/N-ethyl adjacent to an activating group) is 1. The second kappa shape index (κ2) is 9.03. The van der Waals surface area contributed by atoms with Gasteiger partial charge in [-0.1, -0.05) is 11.6 Å². The molecule has 1 aromatic carbocycles. The van der Waals surface area contributed by atoms with Crippen molar-refractivity contribution in [2.75, 3.05) is 29.9 Å².